The third kappa shape index (κ3) is 2.16. The lowest BCUT2D eigenvalue weighted by Gasteiger charge is -2.25. The Bertz CT molecular complexity index is 528. The first-order valence-electron chi connectivity index (χ1n) is 4.82. The zero-order chi connectivity index (χ0) is 13.3. The lowest BCUT2D eigenvalue weighted by molar-refractivity contribution is -0.384. The van der Waals surface area contributed by atoms with Gasteiger partial charge in [-0.05, 0) is 0 Å². The third-order valence-corrected chi connectivity index (χ3v) is 2.21. The van der Waals surface area contributed by atoms with Gasteiger partial charge in [0.1, 0.15) is 6.20 Å². The summed E-state index contributed by atoms with van der Waals surface area (Å²) in [5, 5.41) is 12.9. The fourth-order valence-electron chi connectivity index (χ4n) is 1.53. The smallest absolute Gasteiger partial charge is 0.329 e. The molecule has 1 aromatic heterocycles. The van der Waals surface area contributed by atoms with Gasteiger partial charge in [-0.15, -0.1) is 0 Å². The minimum atomic E-state index is -0.703. The van der Waals surface area contributed by atoms with Crippen LogP contribution in [0.4, 0.5) is 17.5 Å². The van der Waals surface area contributed by atoms with Crippen LogP contribution in [0.2, 0.25) is 0 Å². The predicted octanol–water partition coefficient (Wildman–Crippen LogP) is -1.57. The standard InChI is InChI=1S/C8H8N6O4/c9-8-10-1-4(14(17)18)7(12-8)13-2-5(15)11-6(16)3-13/h1H,2-3H2,(H2,9,10,12)(H,11,15,16). The predicted molar refractivity (Wildman–Crippen MR) is 58.5 cm³/mol. The summed E-state index contributed by atoms with van der Waals surface area (Å²) in [4.78, 5) is 40.9. The molecule has 1 aliphatic rings. The number of nitrogen functional groups attached to an aromatic ring is 1. The van der Waals surface area contributed by atoms with Gasteiger partial charge in [-0.3, -0.25) is 25.0 Å². The monoisotopic (exact) mass is 252 g/mol. The average molecular weight is 252 g/mol. The second-order valence-electron chi connectivity index (χ2n) is 3.52. The molecule has 1 saturated heterocycles. The second-order valence-corrected chi connectivity index (χ2v) is 3.52. The first-order chi connectivity index (χ1) is 8.47. The Morgan fingerprint density at radius 2 is 2.00 bits per heavy atom. The number of nitrogens with zero attached hydrogens (tertiary/aromatic N) is 4. The summed E-state index contributed by atoms with van der Waals surface area (Å²) in [7, 11) is 0. The molecule has 94 valence electrons. The molecule has 0 spiro atoms. The van der Waals surface area contributed by atoms with Gasteiger partial charge in [0.25, 0.3) is 0 Å². The van der Waals surface area contributed by atoms with Crippen LogP contribution in [0.3, 0.4) is 0 Å². The fourth-order valence-corrected chi connectivity index (χ4v) is 1.53. The Kier molecular flexibility index (Phi) is 2.75. The highest BCUT2D eigenvalue weighted by molar-refractivity contribution is 6.02. The Morgan fingerprint density at radius 1 is 1.39 bits per heavy atom. The number of rotatable bonds is 2. The number of aromatic nitrogens is 2. The van der Waals surface area contributed by atoms with E-state index in [4.69, 9.17) is 5.73 Å². The highest BCUT2D eigenvalue weighted by Crippen LogP contribution is 2.25. The van der Waals surface area contributed by atoms with Gasteiger partial charge in [0.2, 0.25) is 23.6 Å². The van der Waals surface area contributed by atoms with Gasteiger partial charge in [-0.2, -0.15) is 4.98 Å². The van der Waals surface area contributed by atoms with Crippen LogP contribution in [0.5, 0.6) is 0 Å². The van der Waals surface area contributed by atoms with Crippen molar-refractivity contribution in [2.75, 3.05) is 23.7 Å². The molecule has 1 fully saturated rings. The number of piperazine rings is 1. The van der Waals surface area contributed by atoms with Crippen molar-refractivity contribution >= 4 is 29.3 Å². The van der Waals surface area contributed by atoms with Gasteiger partial charge in [0.15, 0.2) is 0 Å². The lowest BCUT2D eigenvalue weighted by atomic mass is 10.3. The summed E-state index contributed by atoms with van der Waals surface area (Å²) in [5.41, 5.74) is 4.94. The van der Waals surface area contributed by atoms with Crippen molar-refractivity contribution in [3.8, 4) is 0 Å². The van der Waals surface area contributed by atoms with E-state index in [2.05, 4.69) is 15.3 Å². The van der Waals surface area contributed by atoms with E-state index in [1.54, 1.807) is 0 Å². The van der Waals surface area contributed by atoms with E-state index in [-0.39, 0.29) is 24.9 Å². The summed E-state index contributed by atoms with van der Waals surface area (Å²) in [5.74, 6) is -1.43. The maximum Gasteiger partial charge on any atom is 0.329 e. The molecule has 0 radical (unpaired) electrons. The number of carbonyl (C=O) groups is 2. The number of nitro groups is 1. The summed E-state index contributed by atoms with van der Waals surface area (Å²) < 4.78 is 0. The number of anilines is 2. The Balaban J connectivity index is 2.42. The van der Waals surface area contributed by atoms with Crippen LogP contribution >= 0.6 is 0 Å². The minimum Gasteiger partial charge on any atom is -0.368 e. The molecular weight excluding hydrogens is 244 g/mol. The molecule has 0 atom stereocenters. The first-order valence-corrected chi connectivity index (χ1v) is 4.82. The Morgan fingerprint density at radius 3 is 2.56 bits per heavy atom. The third-order valence-electron chi connectivity index (χ3n) is 2.21. The van der Waals surface area contributed by atoms with Crippen LogP contribution in [-0.2, 0) is 9.59 Å². The van der Waals surface area contributed by atoms with Gasteiger partial charge in [-0.25, -0.2) is 4.98 Å². The van der Waals surface area contributed by atoms with Crippen molar-refractivity contribution in [3.05, 3.63) is 16.3 Å². The summed E-state index contributed by atoms with van der Waals surface area (Å²) in [6.45, 7) is -0.411. The van der Waals surface area contributed by atoms with Crippen LogP contribution in [0, 0.1) is 10.1 Å². The van der Waals surface area contributed by atoms with Crippen molar-refractivity contribution in [3.63, 3.8) is 0 Å². The average Bonchev–Trinajstić information content (AvgIpc) is 2.27. The van der Waals surface area contributed by atoms with Crippen molar-refractivity contribution in [2.24, 2.45) is 0 Å². The summed E-state index contributed by atoms with van der Waals surface area (Å²) in [6.07, 6.45) is 0.939. The number of nitrogens with one attached hydrogen (secondary N) is 1. The van der Waals surface area contributed by atoms with Gasteiger partial charge in [-0.1, -0.05) is 0 Å². The van der Waals surface area contributed by atoms with E-state index in [1.807, 2.05) is 0 Å². The van der Waals surface area contributed by atoms with Crippen LogP contribution < -0.4 is 16.0 Å². The van der Waals surface area contributed by atoms with E-state index in [0.29, 0.717) is 0 Å². The Labute approximate surface area is 100.0 Å². The normalized spacial score (nSPS) is 15.4. The fraction of sp³-hybridized carbons (Fsp3) is 0.250. The zero-order valence-electron chi connectivity index (χ0n) is 8.99. The number of imide groups is 1. The van der Waals surface area contributed by atoms with Gasteiger partial charge < -0.3 is 10.6 Å². The molecule has 0 bridgehead atoms. The number of carbonyl (C=O) groups excluding carboxylic acids is 2. The van der Waals surface area contributed by atoms with Crippen LogP contribution in [-0.4, -0.2) is 39.8 Å². The summed E-state index contributed by atoms with van der Waals surface area (Å²) in [6, 6.07) is 0. The quantitative estimate of drug-likeness (QED) is 0.365. The topological polar surface area (TPSA) is 144 Å². The number of nitrogens with two attached hydrogens (primary N) is 1. The molecule has 0 saturated carbocycles. The molecule has 18 heavy (non-hydrogen) atoms. The zero-order valence-corrected chi connectivity index (χ0v) is 8.99. The SMILES string of the molecule is Nc1ncc([N+](=O)[O-])c(N2CC(=O)NC(=O)C2)n1. The number of amides is 2. The molecule has 1 aromatic rings. The molecule has 0 unspecified atom stereocenters. The molecular formula is C8H8N6O4. The first kappa shape index (κ1) is 11.7. The second kappa shape index (κ2) is 4.24. The number of hydrogen-bond donors (Lipinski definition) is 2. The van der Waals surface area contributed by atoms with Crippen LogP contribution in [0.15, 0.2) is 6.20 Å². The van der Waals surface area contributed by atoms with Crippen molar-refractivity contribution in [1.29, 1.82) is 0 Å². The lowest BCUT2D eigenvalue weighted by Crippen LogP contribution is -2.52. The maximum atomic E-state index is 11.2. The highest BCUT2D eigenvalue weighted by Gasteiger charge is 2.29. The van der Waals surface area contributed by atoms with Crippen molar-refractivity contribution in [1.82, 2.24) is 15.3 Å². The van der Waals surface area contributed by atoms with E-state index in [0.717, 1.165) is 6.20 Å². The number of hydrogen-bond acceptors (Lipinski definition) is 8. The molecule has 2 heterocycles. The minimum absolute atomic E-state index is 0.143. The molecule has 10 heteroatoms. The van der Waals surface area contributed by atoms with Gasteiger partial charge in [0.05, 0.1) is 18.0 Å². The van der Waals surface area contributed by atoms with Crippen LogP contribution in [0.1, 0.15) is 0 Å². The van der Waals surface area contributed by atoms with E-state index in [9.17, 15) is 19.7 Å². The van der Waals surface area contributed by atoms with E-state index in [1.165, 1.54) is 4.90 Å². The van der Waals surface area contributed by atoms with Crippen molar-refractivity contribution in [2.45, 2.75) is 0 Å². The van der Waals surface area contributed by atoms with Gasteiger partial charge in [0, 0.05) is 0 Å². The van der Waals surface area contributed by atoms with Crippen LogP contribution in [0.25, 0.3) is 0 Å². The van der Waals surface area contributed by atoms with E-state index < -0.39 is 22.4 Å². The largest absolute Gasteiger partial charge is 0.368 e. The summed E-state index contributed by atoms with van der Waals surface area (Å²) >= 11 is 0. The van der Waals surface area contributed by atoms with E-state index >= 15 is 0 Å². The van der Waals surface area contributed by atoms with Gasteiger partial charge >= 0.3 is 5.69 Å². The molecule has 3 N–H and O–H groups in total. The molecule has 1 aliphatic heterocycles. The molecule has 0 aromatic carbocycles. The Hall–Kier alpha value is -2.78. The highest BCUT2D eigenvalue weighted by atomic mass is 16.6. The molecule has 10 nitrogen and oxygen atoms in total. The molecule has 2 rings (SSSR count). The van der Waals surface area contributed by atoms with Crippen molar-refractivity contribution < 1.29 is 14.5 Å². The molecule has 0 aliphatic carbocycles. The molecule has 2 amide bonds. The maximum absolute atomic E-state index is 11.2.